The highest BCUT2D eigenvalue weighted by atomic mass is 16.5. The Morgan fingerprint density at radius 1 is 1.35 bits per heavy atom. The summed E-state index contributed by atoms with van der Waals surface area (Å²) < 4.78 is 5.44. The number of para-hydroxylation sites is 1. The standard InChI is InChI=1S/C14H21NO2/c1-4-17-13-8-6-5-7-11(13)14(16)12(15)9-10(2)3/h5-8,10,12H,4,9,15H2,1-3H3. The van der Waals surface area contributed by atoms with Crippen molar-refractivity contribution in [3.05, 3.63) is 29.8 Å². The fourth-order valence-electron chi connectivity index (χ4n) is 1.77. The molecule has 1 aromatic carbocycles. The van der Waals surface area contributed by atoms with E-state index in [9.17, 15) is 4.79 Å². The van der Waals surface area contributed by atoms with E-state index >= 15 is 0 Å². The smallest absolute Gasteiger partial charge is 0.183 e. The molecule has 0 amide bonds. The molecule has 0 saturated carbocycles. The van der Waals surface area contributed by atoms with E-state index in [0.717, 1.165) is 0 Å². The van der Waals surface area contributed by atoms with Gasteiger partial charge in [0.25, 0.3) is 0 Å². The zero-order valence-corrected chi connectivity index (χ0v) is 10.8. The fraction of sp³-hybridized carbons (Fsp3) is 0.500. The van der Waals surface area contributed by atoms with Crippen LogP contribution in [0.5, 0.6) is 5.75 Å². The van der Waals surface area contributed by atoms with Gasteiger partial charge in [-0.3, -0.25) is 4.79 Å². The number of ketones is 1. The third-order valence-corrected chi connectivity index (χ3v) is 2.51. The van der Waals surface area contributed by atoms with Crippen molar-refractivity contribution in [2.24, 2.45) is 11.7 Å². The number of Topliss-reactive ketones (excluding diaryl/α,β-unsaturated/α-hetero) is 1. The normalized spacial score (nSPS) is 12.5. The first-order valence-corrected chi connectivity index (χ1v) is 6.07. The van der Waals surface area contributed by atoms with E-state index in [1.165, 1.54) is 0 Å². The summed E-state index contributed by atoms with van der Waals surface area (Å²) in [6.07, 6.45) is 0.694. The maximum absolute atomic E-state index is 12.2. The number of rotatable bonds is 6. The van der Waals surface area contributed by atoms with Crippen LogP contribution in [0, 0.1) is 5.92 Å². The Bertz CT molecular complexity index is 374. The molecule has 0 aromatic heterocycles. The van der Waals surface area contributed by atoms with Crippen LogP contribution in [0.25, 0.3) is 0 Å². The molecule has 0 aliphatic heterocycles. The lowest BCUT2D eigenvalue weighted by molar-refractivity contribution is 0.0947. The van der Waals surface area contributed by atoms with Crippen LogP contribution in [-0.2, 0) is 0 Å². The maximum Gasteiger partial charge on any atom is 0.183 e. The zero-order chi connectivity index (χ0) is 12.8. The minimum Gasteiger partial charge on any atom is -0.493 e. The maximum atomic E-state index is 12.2. The summed E-state index contributed by atoms with van der Waals surface area (Å²) >= 11 is 0. The molecule has 0 aliphatic carbocycles. The summed E-state index contributed by atoms with van der Waals surface area (Å²) in [5.41, 5.74) is 6.50. The van der Waals surface area contributed by atoms with Gasteiger partial charge in [0.05, 0.1) is 18.2 Å². The highest BCUT2D eigenvalue weighted by Crippen LogP contribution is 2.20. The monoisotopic (exact) mass is 235 g/mol. The molecule has 0 aliphatic rings. The van der Waals surface area contributed by atoms with Crippen LogP contribution < -0.4 is 10.5 Å². The van der Waals surface area contributed by atoms with Crippen LogP contribution in [0.4, 0.5) is 0 Å². The van der Waals surface area contributed by atoms with Crippen LogP contribution in [0.15, 0.2) is 24.3 Å². The molecule has 3 nitrogen and oxygen atoms in total. The van der Waals surface area contributed by atoms with Crippen molar-refractivity contribution in [1.29, 1.82) is 0 Å². The summed E-state index contributed by atoms with van der Waals surface area (Å²) in [7, 11) is 0. The Kier molecular flexibility index (Phi) is 5.16. The molecule has 1 atom stereocenters. The van der Waals surface area contributed by atoms with Gasteiger partial charge in [0, 0.05) is 0 Å². The number of hydrogen-bond donors (Lipinski definition) is 1. The molecule has 0 fully saturated rings. The molecule has 94 valence electrons. The summed E-state index contributed by atoms with van der Waals surface area (Å²) in [6, 6.07) is 6.82. The van der Waals surface area contributed by atoms with Crippen molar-refractivity contribution < 1.29 is 9.53 Å². The number of carbonyl (C=O) groups is 1. The van der Waals surface area contributed by atoms with Crippen molar-refractivity contribution in [3.8, 4) is 5.75 Å². The van der Waals surface area contributed by atoms with Gasteiger partial charge in [0.15, 0.2) is 5.78 Å². The first kappa shape index (κ1) is 13.7. The number of benzene rings is 1. The Morgan fingerprint density at radius 3 is 2.59 bits per heavy atom. The number of carbonyl (C=O) groups excluding carboxylic acids is 1. The van der Waals surface area contributed by atoms with Gasteiger partial charge in [0.2, 0.25) is 0 Å². The Balaban J connectivity index is 2.87. The summed E-state index contributed by atoms with van der Waals surface area (Å²) in [4.78, 5) is 12.2. The average Bonchev–Trinajstić information content (AvgIpc) is 2.28. The highest BCUT2D eigenvalue weighted by molar-refractivity contribution is 6.02. The molecule has 0 spiro atoms. The van der Waals surface area contributed by atoms with E-state index in [-0.39, 0.29) is 5.78 Å². The second kappa shape index (κ2) is 6.40. The molecule has 0 bridgehead atoms. The van der Waals surface area contributed by atoms with Crippen molar-refractivity contribution >= 4 is 5.78 Å². The molecular weight excluding hydrogens is 214 g/mol. The van der Waals surface area contributed by atoms with Crippen molar-refractivity contribution in [1.82, 2.24) is 0 Å². The van der Waals surface area contributed by atoms with Gasteiger partial charge in [-0.15, -0.1) is 0 Å². The molecule has 1 rings (SSSR count). The first-order chi connectivity index (χ1) is 8.06. The van der Waals surface area contributed by atoms with Gasteiger partial charge in [-0.05, 0) is 31.4 Å². The lowest BCUT2D eigenvalue weighted by Crippen LogP contribution is -2.32. The van der Waals surface area contributed by atoms with E-state index in [0.29, 0.717) is 30.3 Å². The summed E-state index contributed by atoms with van der Waals surface area (Å²) in [5, 5.41) is 0. The van der Waals surface area contributed by atoms with Crippen molar-refractivity contribution in [3.63, 3.8) is 0 Å². The SMILES string of the molecule is CCOc1ccccc1C(=O)C(N)CC(C)C. The third-order valence-electron chi connectivity index (χ3n) is 2.51. The van der Waals surface area contributed by atoms with E-state index in [2.05, 4.69) is 13.8 Å². The lowest BCUT2D eigenvalue weighted by atomic mass is 9.96. The molecule has 0 saturated heterocycles. The summed E-state index contributed by atoms with van der Waals surface area (Å²) in [5.74, 6) is 0.996. The van der Waals surface area contributed by atoms with E-state index < -0.39 is 6.04 Å². The number of nitrogens with two attached hydrogens (primary N) is 1. The average molecular weight is 235 g/mol. The van der Waals surface area contributed by atoms with Gasteiger partial charge in [-0.25, -0.2) is 0 Å². The number of ether oxygens (including phenoxy) is 1. The molecule has 0 heterocycles. The third kappa shape index (κ3) is 3.86. The van der Waals surface area contributed by atoms with Gasteiger partial charge in [-0.1, -0.05) is 26.0 Å². The highest BCUT2D eigenvalue weighted by Gasteiger charge is 2.20. The molecule has 2 N–H and O–H groups in total. The minimum atomic E-state index is -0.448. The molecule has 0 radical (unpaired) electrons. The molecule has 3 heteroatoms. The van der Waals surface area contributed by atoms with Crippen LogP contribution in [0.3, 0.4) is 0 Å². The predicted octanol–water partition coefficient (Wildman–Crippen LogP) is 2.64. The van der Waals surface area contributed by atoms with Crippen molar-refractivity contribution in [2.45, 2.75) is 33.2 Å². The van der Waals surface area contributed by atoms with Crippen molar-refractivity contribution in [2.75, 3.05) is 6.61 Å². The predicted molar refractivity (Wildman–Crippen MR) is 69.4 cm³/mol. The lowest BCUT2D eigenvalue weighted by Gasteiger charge is -2.15. The van der Waals surface area contributed by atoms with E-state index in [4.69, 9.17) is 10.5 Å². The number of hydrogen-bond acceptors (Lipinski definition) is 3. The van der Waals surface area contributed by atoms with E-state index in [1.54, 1.807) is 12.1 Å². The molecular formula is C14H21NO2. The first-order valence-electron chi connectivity index (χ1n) is 6.07. The fourth-order valence-corrected chi connectivity index (χ4v) is 1.77. The van der Waals surface area contributed by atoms with Gasteiger partial charge in [0.1, 0.15) is 5.75 Å². The molecule has 17 heavy (non-hydrogen) atoms. The molecule has 1 unspecified atom stereocenters. The van der Waals surface area contributed by atoms with Gasteiger partial charge in [-0.2, -0.15) is 0 Å². The summed E-state index contributed by atoms with van der Waals surface area (Å²) in [6.45, 7) is 6.56. The van der Waals surface area contributed by atoms with Crippen LogP contribution in [0.2, 0.25) is 0 Å². The van der Waals surface area contributed by atoms with E-state index in [1.807, 2.05) is 19.1 Å². The Labute approximate surface area is 103 Å². The van der Waals surface area contributed by atoms with Crippen LogP contribution in [-0.4, -0.2) is 18.4 Å². The van der Waals surface area contributed by atoms with Crippen LogP contribution >= 0.6 is 0 Å². The second-order valence-corrected chi connectivity index (χ2v) is 4.53. The topological polar surface area (TPSA) is 52.3 Å². The molecule has 1 aromatic rings. The Hall–Kier alpha value is -1.35. The second-order valence-electron chi connectivity index (χ2n) is 4.53. The zero-order valence-electron chi connectivity index (χ0n) is 10.8. The quantitative estimate of drug-likeness (QED) is 0.771. The Morgan fingerprint density at radius 2 is 2.00 bits per heavy atom. The van der Waals surface area contributed by atoms with Gasteiger partial charge >= 0.3 is 0 Å². The minimum absolute atomic E-state index is 0.0391. The van der Waals surface area contributed by atoms with Crippen LogP contribution in [0.1, 0.15) is 37.6 Å². The largest absolute Gasteiger partial charge is 0.493 e. The van der Waals surface area contributed by atoms with Gasteiger partial charge < -0.3 is 10.5 Å².